The molecule has 0 radical (unpaired) electrons. The molecule has 0 saturated carbocycles. The lowest BCUT2D eigenvalue weighted by molar-refractivity contribution is -0.147. The minimum absolute atomic E-state index is 0.0548. The molecule has 10 nitrogen and oxygen atoms in total. The summed E-state index contributed by atoms with van der Waals surface area (Å²) in [6.07, 6.45) is -1.30. The molecule has 1 aliphatic heterocycles. The van der Waals surface area contributed by atoms with Crippen LogP contribution in [0.1, 0.15) is 51.9 Å². The summed E-state index contributed by atoms with van der Waals surface area (Å²) >= 11 is 0. The molecule has 1 aliphatic rings. The molecule has 2 aromatic carbocycles. The zero-order valence-electron chi connectivity index (χ0n) is 23.6. The Kier molecular flexibility index (Phi) is 8.88. The maximum absolute atomic E-state index is 14.0. The molecular weight excluding hydrogens is 502 g/mol. The van der Waals surface area contributed by atoms with E-state index in [0.29, 0.717) is 0 Å². The van der Waals surface area contributed by atoms with E-state index in [-0.39, 0.29) is 30.9 Å². The monoisotopic (exact) mass is 539 g/mol. The van der Waals surface area contributed by atoms with Gasteiger partial charge in [-0.25, -0.2) is 14.4 Å². The van der Waals surface area contributed by atoms with Crippen LogP contribution >= 0.6 is 0 Å². The zero-order chi connectivity index (χ0) is 29.0. The molecule has 3 amide bonds. The first kappa shape index (κ1) is 29.5. The van der Waals surface area contributed by atoms with Crippen LogP contribution < -0.4 is 5.32 Å². The highest BCUT2D eigenvalue weighted by atomic mass is 16.6. The van der Waals surface area contributed by atoms with Crippen LogP contribution in [0.4, 0.5) is 15.3 Å². The number of piperazine rings is 1. The Morgan fingerprint density at radius 3 is 2.08 bits per heavy atom. The number of nitrogens with zero attached hydrogens (tertiary/aromatic N) is 2. The van der Waals surface area contributed by atoms with Crippen LogP contribution in [0.15, 0.2) is 48.5 Å². The van der Waals surface area contributed by atoms with Crippen LogP contribution in [0.5, 0.6) is 0 Å². The van der Waals surface area contributed by atoms with Crippen molar-refractivity contribution in [2.24, 2.45) is 0 Å². The van der Waals surface area contributed by atoms with Crippen LogP contribution in [0.25, 0.3) is 11.1 Å². The van der Waals surface area contributed by atoms with Gasteiger partial charge in [-0.15, -0.1) is 0 Å². The number of carbonyl (C=O) groups is 4. The quantitative estimate of drug-likeness (QED) is 0.433. The topological polar surface area (TPSA) is 114 Å². The molecule has 1 fully saturated rings. The Morgan fingerprint density at radius 1 is 0.846 bits per heavy atom. The summed E-state index contributed by atoms with van der Waals surface area (Å²) < 4.78 is 15.8. The van der Waals surface area contributed by atoms with Crippen molar-refractivity contribution in [3.05, 3.63) is 54.1 Å². The summed E-state index contributed by atoms with van der Waals surface area (Å²) in [5.41, 5.74) is 0.552. The minimum atomic E-state index is -1.07. The SMILES string of the molecule is COC(=O)[C@@H]1CN(C(=O)OC(C)(C)C)CCN1C(=O)c1cc(-c2ccccc2)ccc1NC(=O)OC(C)(C)C. The van der Waals surface area contributed by atoms with Crippen molar-refractivity contribution in [3.8, 4) is 11.1 Å². The van der Waals surface area contributed by atoms with E-state index in [0.717, 1.165) is 11.1 Å². The average molecular weight is 540 g/mol. The normalized spacial score (nSPS) is 15.8. The second-order valence-electron chi connectivity index (χ2n) is 11.2. The van der Waals surface area contributed by atoms with E-state index in [2.05, 4.69) is 5.32 Å². The van der Waals surface area contributed by atoms with Crippen LogP contribution in [0.3, 0.4) is 0 Å². The highest BCUT2D eigenvalue weighted by Crippen LogP contribution is 2.28. The molecule has 2 aromatic rings. The van der Waals surface area contributed by atoms with E-state index in [1.54, 1.807) is 59.7 Å². The number of ether oxygens (including phenoxy) is 3. The third kappa shape index (κ3) is 7.95. The van der Waals surface area contributed by atoms with Gasteiger partial charge < -0.3 is 24.0 Å². The van der Waals surface area contributed by atoms with Crippen molar-refractivity contribution >= 4 is 29.8 Å². The molecule has 3 rings (SSSR count). The maximum Gasteiger partial charge on any atom is 0.412 e. The maximum atomic E-state index is 14.0. The van der Waals surface area contributed by atoms with E-state index in [1.165, 1.54) is 16.9 Å². The largest absolute Gasteiger partial charge is 0.467 e. The van der Waals surface area contributed by atoms with Crippen molar-refractivity contribution < 1.29 is 33.4 Å². The van der Waals surface area contributed by atoms with Crippen LogP contribution in [0, 0.1) is 0 Å². The molecule has 1 atom stereocenters. The fourth-order valence-electron chi connectivity index (χ4n) is 4.06. The first-order valence-corrected chi connectivity index (χ1v) is 12.7. The van der Waals surface area contributed by atoms with Gasteiger partial charge in [-0.1, -0.05) is 36.4 Å². The lowest BCUT2D eigenvalue weighted by Gasteiger charge is -2.40. The molecule has 0 spiro atoms. The minimum Gasteiger partial charge on any atom is -0.467 e. The van der Waals surface area contributed by atoms with Gasteiger partial charge in [0.15, 0.2) is 0 Å². The summed E-state index contributed by atoms with van der Waals surface area (Å²) in [4.78, 5) is 54.8. The van der Waals surface area contributed by atoms with Gasteiger partial charge in [0.25, 0.3) is 5.91 Å². The predicted molar refractivity (Wildman–Crippen MR) is 146 cm³/mol. The summed E-state index contributed by atoms with van der Waals surface area (Å²) in [6, 6.07) is 13.5. The van der Waals surface area contributed by atoms with E-state index < -0.39 is 41.3 Å². The van der Waals surface area contributed by atoms with Crippen LogP contribution in [-0.2, 0) is 19.0 Å². The molecular formula is C29H37N3O7. The summed E-state index contributed by atoms with van der Waals surface area (Å²) in [5, 5.41) is 2.67. The van der Waals surface area contributed by atoms with Crippen molar-refractivity contribution in [2.45, 2.75) is 58.8 Å². The van der Waals surface area contributed by atoms with Crippen molar-refractivity contribution in [1.82, 2.24) is 9.80 Å². The van der Waals surface area contributed by atoms with Gasteiger partial charge in [0.1, 0.15) is 17.2 Å². The molecule has 10 heteroatoms. The van der Waals surface area contributed by atoms with Gasteiger partial charge in [0.05, 0.1) is 24.9 Å². The van der Waals surface area contributed by atoms with Gasteiger partial charge in [-0.2, -0.15) is 0 Å². The standard InChI is InChI=1S/C29H37N3O7/c1-28(2,3)38-26(35)30-22-14-13-20(19-11-9-8-10-12-19)17-21(22)24(33)32-16-15-31(18-23(32)25(34)37-7)27(36)39-29(4,5)6/h8-14,17,23H,15-16,18H2,1-7H3,(H,30,35)/t23-/m0/s1. The number of carbonyl (C=O) groups excluding carboxylic acids is 4. The van der Waals surface area contributed by atoms with E-state index in [1.807, 2.05) is 30.3 Å². The van der Waals surface area contributed by atoms with Gasteiger partial charge in [-0.3, -0.25) is 10.1 Å². The molecule has 1 N–H and O–H groups in total. The Hall–Kier alpha value is -4.08. The number of esters is 1. The first-order valence-electron chi connectivity index (χ1n) is 12.7. The van der Waals surface area contributed by atoms with E-state index in [4.69, 9.17) is 14.2 Å². The molecule has 210 valence electrons. The fourth-order valence-corrected chi connectivity index (χ4v) is 4.06. The van der Waals surface area contributed by atoms with Crippen molar-refractivity contribution in [1.29, 1.82) is 0 Å². The van der Waals surface area contributed by atoms with Crippen molar-refractivity contribution in [2.75, 3.05) is 32.1 Å². The fraction of sp³-hybridized carbons (Fsp3) is 0.448. The average Bonchev–Trinajstić information content (AvgIpc) is 2.86. The molecule has 0 aliphatic carbocycles. The van der Waals surface area contributed by atoms with Crippen molar-refractivity contribution in [3.63, 3.8) is 0 Å². The number of nitrogens with one attached hydrogen (secondary N) is 1. The predicted octanol–water partition coefficient (Wildman–Crippen LogP) is 4.94. The zero-order valence-corrected chi connectivity index (χ0v) is 23.6. The summed E-state index contributed by atoms with van der Waals surface area (Å²) in [6.45, 7) is 10.6. The smallest absolute Gasteiger partial charge is 0.412 e. The Morgan fingerprint density at radius 2 is 1.49 bits per heavy atom. The number of anilines is 1. The molecule has 1 saturated heterocycles. The van der Waals surface area contributed by atoms with E-state index in [9.17, 15) is 19.2 Å². The van der Waals surface area contributed by atoms with Gasteiger partial charge in [0, 0.05) is 13.1 Å². The lowest BCUT2D eigenvalue weighted by Crippen LogP contribution is -2.60. The van der Waals surface area contributed by atoms with Crippen LogP contribution in [-0.4, -0.2) is 77.9 Å². The first-order chi connectivity index (χ1) is 18.2. The molecule has 1 heterocycles. The second-order valence-corrected chi connectivity index (χ2v) is 11.2. The Bertz CT molecular complexity index is 1220. The Labute approximate surface area is 229 Å². The van der Waals surface area contributed by atoms with E-state index >= 15 is 0 Å². The highest BCUT2D eigenvalue weighted by molar-refractivity contribution is 6.05. The Balaban J connectivity index is 1.97. The number of methoxy groups -OCH3 is 1. The third-order valence-corrected chi connectivity index (χ3v) is 5.76. The number of amides is 3. The highest BCUT2D eigenvalue weighted by Gasteiger charge is 2.40. The summed E-state index contributed by atoms with van der Waals surface area (Å²) in [7, 11) is 1.23. The number of benzene rings is 2. The second kappa shape index (κ2) is 11.8. The third-order valence-electron chi connectivity index (χ3n) is 5.76. The number of hydrogen-bond donors (Lipinski definition) is 1. The lowest BCUT2D eigenvalue weighted by atomic mass is 10.00. The molecule has 39 heavy (non-hydrogen) atoms. The molecule has 0 unspecified atom stereocenters. The molecule has 0 bridgehead atoms. The van der Waals surface area contributed by atoms with Gasteiger partial charge in [0.2, 0.25) is 0 Å². The molecule has 0 aromatic heterocycles. The number of hydrogen-bond acceptors (Lipinski definition) is 7. The van der Waals surface area contributed by atoms with Gasteiger partial charge in [-0.05, 0) is 64.8 Å². The van der Waals surface area contributed by atoms with Gasteiger partial charge >= 0.3 is 18.2 Å². The van der Waals surface area contributed by atoms with Crippen LogP contribution in [0.2, 0.25) is 0 Å². The summed E-state index contributed by atoms with van der Waals surface area (Å²) in [5.74, 6) is -1.17. The number of rotatable bonds is 4.